The van der Waals surface area contributed by atoms with Crippen molar-refractivity contribution in [2.75, 3.05) is 0 Å². The van der Waals surface area contributed by atoms with Crippen LogP contribution in [0.5, 0.6) is 0 Å². The Labute approximate surface area is 270 Å². The molecule has 45 heavy (non-hydrogen) atoms. The van der Waals surface area contributed by atoms with Crippen LogP contribution in [0.3, 0.4) is 0 Å². The highest BCUT2D eigenvalue weighted by atomic mass is 16.3. The minimum Gasteiger partial charge on any atom is -0.456 e. The molecule has 1 aromatic heterocycles. The Morgan fingerprint density at radius 2 is 0.844 bits per heavy atom. The highest BCUT2D eigenvalue weighted by Crippen LogP contribution is 2.45. The van der Waals surface area contributed by atoms with Gasteiger partial charge in [0, 0.05) is 10.8 Å². The van der Waals surface area contributed by atoms with Crippen LogP contribution < -0.4 is 0 Å². The third kappa shape index (κ3) is 4.24. The van der Waals surface area contributed by atoms with E-state index < -0.39 is 0 Å². The van der Waals surface area contributed by atoms with Crippen LogP contribution >= 0.6 is 0 Å². The molecule has 0 saturated carbocycles. The van der Waals surface area contributed by atoms with Crippen molar-refractivity contribution in [3.8, 4) is 44.5 Å². The fraction of sp³-hybridized carbons (Fsp3) is 0. The van der Waals surface area contributed by atoms with Crippen LogP contribution in [0.1, 0.15) is 8.22 Å². The number of hydrogen-bond acceptors (Lipinski definition) is 1. The molecule has 0 aliphatic carbocycles. The first-order valence-electron chi connectivity index (χ1n) is 18.0. The van der Waals surface area contributed by atoms with Gasteiger partial charge in [0.05, 0.1) is 8.22 Å². The van der Waals surface area contributed by atoms with E-state index in [-0.39, 0.29) is 69.3 Å². The first kappa shape index (κ1) is 20.1. The van der Waals surface area contributed by atoms with Gasteiger partial charge >= 0.3 is 0 Å². The van der Waals surface area contributed by atoms with Crippen molar-refractivity contribution >= 4 is 43.5 Å². The van der Waals surface area contributed by atoms with Gasteiger partial charge in [-0.3, -0.25) is 0 Å². The summed E-state index contributed by atoms with van der Waals surface area (Å²) in [7, 11) is 0. The fourth-order valence-electron chi connectivity index (χ4n) is 6.46. The van der Waals surface area contributed by atoms with Crippen LogP contribution in [0.25, 0.3) is 88.0 Å². The molecule has 0 bridgehead atoms. The summed E-state index contributed by atoms with van der Waals surface area (Å²) in [6, 6.07) is 42.8. The summed E-state index contributed by atoms with van der Waals surface area (Å²) >= 11 is 0. The molecule has 0 aliphatic rings. The van der Waals surface area contributed by atoms with Gasteiger partial charge in [0.2, 0.25) is 0 Å². The van der Waals surface area contributed by atoms with Gasteiger partial charge in [-0.15, -0.1) is 0 Å². The van der Waals surface area contributed by atoms with Gasteiger partial charge in [0.1, 0.15) is 11.2 Å². The summed E-state index contributed by atoms with van der Waals surface area (Å²) in [5.74, 6) is 0. The summed E-state index contributed by atoms with van der Waals surface area (Å²) in [4.78, 5) is 0. The highest BCUT2D eigenvalue weighted by Gasteiger charge is 2.18. The molecule has 0 amide bonds. The summed E-state index contributed by atoms with van der Waals surface area (Å²) < 4.78 is 61.5. The highest BCUT2D eigenvalue weighted by molar-refractivity contribution is 6.22. The summed E-state index contributed by atoms with van der Waals surface area (Å²) in [5.41, 5.74) is 6.03. The van der Waals surface area contributed by atoms with Gasteiger partial charge in [-0.25, -0.2) is 0 Å². The smallest absolute Gasteiger partial charge is 0.136 e. The molecule has 0 N–H and O–H groups in total. The second kappa shape index (κ2) is 10.4. The van der Waals surface area contributed by atoms with E-state index in [1.54, 1.807) is 24.3 Å². The van der Waals surface area contributed by atoms with Crippen molar-refractivity contribution in [2.24, 2.45) is 0 Å². The van der Waals surface area contributed by atoms with Gasteiger partial charge in [0.15, 0.2) is 0 Å². The lowest BCUT2D eigenvalue weighted by Crippen LogP contribution is -1.91. The maximum atomic E-state index is 9.58. The lowest BCUT2D eigenvalue weighted by molar-refractivity contribution is 0.669. The Morgan fingerprint density at radius 1 is 0.333 bits per heavy atom. The van der Waals surface area contributed by atoms with E-state index in [4.69, 9.17) is 7.16 Å². The number of fused-ring (bicyclic) bond motifs is 5. The molecule has 0 unspecified atom stereocenters. The zero-order valence-electron chi connectivity index (χ0n) is 30.1. The van der Waals surface area contributed by atoms with Crippen LogP contribution in [0.15, 0.2) is 174 Å². The van der Waals surface area contributed by atoms with Gasteiger partial charge in [-0.2, -0.15) is 0 Å². The minimum absolute atomic E-state index is 0.0263. The Kier molecular flexibility index (Phi) is 4.63. The van der Waals surface area contributed by atoms with Gasteiger partial charge in [-0.1, -0.05) is 139 Å². The SMILES string of the molecule is [2H]c1c(-c2ccccc2)c([2H])c2c(oc3c([2H])c(-c4c5ccccc5c(-c5cccc(-c6ccccc6)c5)c5ccccc45)c([2H])c([2H])c32)c1[2H]. The largest absolute Gasteiger partial charge is 0.456 e. The molecule has 1 heterocycles. The van der Waals surface area contributed by atoms with Crippen LogP contribution in [0.2, 0.25) is 0 Å². The standard InChI is InChI=1S/C44H28O/c1-3-12-29(13-4-1)31-16-11-17-33(26-31)43-36-18-7-9-20-38(36)44(39-21-10-8-19-37(39)43)34-22-24-35-40-27-32(30-14-5-2-6-15-30)23-25-41(40)45-42(35)28-34/h1-28H/i22D,23D,24D,25D,27D,28D. The van der Waals surface area contributed by atoms with E-state index in [1.165, 1.54) is 0 Å². The first-order valence-corrected chi connectivity index (χ1v) is 15.0. The van der Waals surface area contributed by atoms with E-state index in [0.29, 0.717) is 11.1 Å². The molecule has 8 aromatic carbocycles. The van der Waals surface area contributed by atoms with Crippen molar-refractivity contribution in [1.29, 1.82) is 0 Å². The minimum atomic E-state index is -0.221. The third-order valence-corrected chi connectivity index (χ3v) is 8.51. The van der Waals surface area contributed by atoms with Crippen LogP contribution in [-0.4, -0.2) is 0 Å². The molecule has 210 valence electrons. The number of hydrogen-bond donors (Lipinski definition) is 0. The topological polar surface area (TPSA) is 13.1 Å². The predicted molar refractivity (Wildman–Crippen MR) is 190 cm³/mol. The summed E-state index contributed by atoms with van der Waals surface area (Å²) in [6.45, 7) is 0. The van der Waals surface area contributed by atoms with Crippen LogP contribution in [-0.2, 0) is 0 Å². The molecule has 0 saturated heterocycles. The maximum absolute atomic E-state index is 9.58. The van der Waals surface area contributed by atoms with E-state index in [2.05, 4.69) is 48.5 Å². The molecule has 0 spiro atoms. The van der Waals surface area contributed by atoms with Crippen molar-refractivity contribution < 1.29 is 12.6 Å². The van der Waals surface area contributed by atoms with E-state index in [0.717, 1.165) is 43.8 Å². The number of furan rings is 1. The van der Waals surface area contributed by atoms with Crippen molar-refractivity contribution in [2.45, 2.75) is 0 Å². The Balaban J connectivity index is 1.37. The molecular formula is C44H28O. The number of benzene rings is 8. The first-order chi connectivity index (χ1) is 24.8. The second-order valence-electron chi connectivity index (χ2n) is 11.2. The molecule has 9 rings (SSSR count). The van der Waals surface area contributed by atoms with E-state index in [1.807, 2.05) is 60.7 Å². The van der Waals surface area contributed by atoms with Crippen LogP contribution in [0.4, 0.5) is 0 Å². The quantitative estimate of drug-likeness (QED) is 0.189. The Bertz CT molecular complexity index is 2800. The molecule has 1 heteroatoms. The Morgan fingerprint density at radius 3 is 1.49 bits per heavy atom. The van der Waals surface area contributed by atoms with Crippen LogP contribution in [0, 0.1) is 0 Å². The summed E-state index contributed by atoms with van der Waals surface area (Å²) in [6.07, 6.45) is 0. The fourth-order valence-corrected chi connectivity index (χ4v) is 6.46. The summed E-state index contributed by atoms with van der Waals surface area (Å²) in [5, 5.41) is 3.86. The molecule has 9 aromatic rings. The van der Waals surface area contributed by atoms with Crippen molar-refractivity contribution in [1.82, 2.24) is 0 Å². The van der Waals surface area contributed by atoms with Gasteiger partial charge in [0.25, 0.3) is 0 Å². The van der Waals surface area contributed by atoms with Gasteiger partial charge < -0.3 is 4.42 Å². The number of rotatable bonds is 4. The zero-order chi connectivity index (χ0) is 35.0. The lowest BCUT2D eigenvalue weighted by Gasteiger charge is -2.18. The lowest BCUT2D eigenvalue weighted by atomic mass is 9.85. The third-order valence-electron chi connectivity index (χ3n) is 8.51. The second-order valence-corrected chi connectivity index (χ2v) is 11.2. The molecule has 1 nitrogen and oxygen atoms in total. The van der Waals surface area contributed by atoms with E-state index in [9.17, 15) is 5.48 Å². The monoisotopic (exact) mass is 578 g/mol. The molecule has 0 aliphatic heterocycles. The van der Waals surface area contributed by atoms with Gasteiger partial charge in [-0.05, 0) is 96.3 Å². The molecular weight excluding hydrogens is 544 g/mol. The molecule has 0 radical (unpaired) electrons. The average Bonchev–Trinajstić information content (AvgIpc) is 3.59. The Hall–Kier alpha value is -5.92. The van der Waals surface area contributed by atoms with Crippen molar-refractivity contribution in [3.05, 3.63) is 170 Å². The zero-order valence-corrected chi connectivity index (χ0v) is 24.1. The molecule has 0 fully saturated rings. The molecule has 0 atom stereocenters. The average molecular weight is 579 g/mol. The van der Waals surface area contributed by atoms with E-state index >= 15 is 0 Å². The maximum Gasteiger partial charge on any atom is 0.136 e. The van der Waals surface area contributed by atoms with Crippen molar-refractivity contribution in [3.63, 3.8) is 0 Å². The predicted octanol–water partition coefficient (Wildman–Crippen LogP) is 12.6. The normalized spacial score (nSPS) is 13.4.